The number of aromatic amines is 1. The summed E-state index contributed by atoms with van der Waals surface area (Å²) in [7, 11) is 0. The molecule has 6 heteroatoms. The molecule has 28 heavy (non-hydrogen) atoms. The molecule has 0 radical (unpaired) electrons. The van der Waals surface area contributed by atoms with Crippen molar-refractivity contribution in [2.45, 2.75) is 20.0 Å². The average molecular weight is 372 g/mol. The maximum atomic E-state index is 12.8. The van der Waals surface area contributed by atoms with E-state index in [9.17, 15) is 9.59 Å². The van der Waals surface area contributed by atoms with Crippen molar-refractivity contribution in [1.29, 1.82) is 0 Å². The lowest BCUT2D eigenvalue weighted by molar-refractivity contribution is -0.117. The van der Waals surface area contributed by atoms with Crippen LogP contribution in [0.25, 0.3) is 10.9 Å². The zero-order valence-corrected chi connectivity index (χ0v) is 15.5. The number of ketones is 1. The number of para-hydroxylation sites is 1. The van der Waals surface area contributed by atoms with Crippen molar-refractivity contribution in [3.05, 3.63) is 89.4 Å². The zero-order chi connectivity index (χ0) is 19.5. The molecule has 0 saturated carbocycles. The largest absolute Gasteiger partial charge is 0.358 e. The highest BCUT2D eigenvalue weighted by Crippen LogP contribution is 2.22. The predicted molar refractivity (Wildman–Crippen MR) is 107 cm³/mol. The molecular weight excluding hydrogens is 352 g/mol. The Morgan fingerprint density at radius 2 is 1.79 bits per heavy atom. The maximum absolute atomic E-state index is 12.8. The highest BCUT2D eigenvalue weighted by molar-refractivity contribution is 6.45. The van der Waals surface area contributed by atoms with E-state index in [1.54, 1.807) is 13.1 Å². The molecule has 0 spiro atoms. The first-order valence-electron chi connectivity index (χ1n) is 9.07. The van der Waals surface area contributed by atoms with Crippen LogP contribution in [-0.4, -0.2) is 26.5 Å². The van der Waals surface area contributed by atoms with Gasteiger partial charge in [0, 0.05) is 35.5 Å². The molecule has 4 rings (SSSR count). The van der Waals surface area contributed by atoms with Crippen molar-refractivity contribution in [3.8, 4) is 0 Å². The maximum Gasteiger partial charge on any atom is 0.292 e. The summed E-state index contributed by atoms with van der Waals surface area (Å²) in [6.07, 6.45) is 3.62. The van der Waals surface area contributed by atoms with Crippen LogP contribution in [0.4, 0.5) is 0 Å². The number of benzene rings is 2. The smallest absolute Gasteiger partial charge is 0.292 e. The van der Waals surface area contributed by atoms with Gasteiger partial charge in [-0.2, -0.15) is 5.10 Å². The van der Waals surface area contributed by atoms with Crippen LogP contribution in [0.15, 0.2) is 67.0 Å². The van der Waals surface area contributed by atoms with Crippen LogP contribution in [0.2, 0.25) is 0 Å². The van der Waals surface area contributed by atoms with Crippen LogP contribution >= 0.6 is 0 Å². The number of carbonyl (C=O) groups is 2. The molecule has 2 heterocycles. The summed E-state index contributed by atoms with van der Waals surface area (Å²) in [5, 5.41) is 7.75. The Bertz CT molecular complexity index is 1140. The molecular formula is C22H20N4O2. The highest BCUT2D eigenvalue weighted by Gasteiger charge is 2.22. The lowest BCUT2D eigenvalue weighted by Crippen LogP contribution is -2.31. The Balaban J connectivity index is 1.50. The van der Waals surface area contributed by atoms with Gasteiger partial charge in [0.25, 0.3) is 11.7 Å². The van der Waals surface area contributed by atoms with Crippen molar-refractivity contribution < 1.29 is 9.59 Å². The first kappa shape index (κ1) is 17.7. The van der Waals surface area contributed by atoms with Gasteiger partial charge in [-0.3, -0.25) is 14.3 Å². The number of fused-ring (bicyclic) bond motifs is 1. The second kappa shape index (κ2) is 7.52. The van der Waals surface area contributed by atoms with E-state index in [-0.39, 0.29) is 6.54 Å². The molecule has 0 aliphatic rings. The predicted octanol–water partition coefficient (Wildman–Crippen LogP) is 3.22. The first-order chi connectivity index (χ1) is 13.6. The van der Waals surface area contributed by atoms with Gasteiger partial charge >= 0.3 is 0 Å². The zero-order valence-electron chi connectivity index (χ0n) is 15.5. The number of amides is 1. The number of hydrogen-bond acceptors (Lipinski definition) is 3. The lowest BCUT2D eigenvalue weighted by atomic mass is 10.1. The minimum atomic E-state index is -0.609. The van der Waals surface area contributed by atoms with E-state index >= 15 is 0 Å². The molecule has 2 aromatic carbocycles. The number of carbonyl (C=O) groups excluding carboxylic acids is 2. The van der Waals surface area contributed by atoms with E-state index in [1.165, 1.54) is 0 Å². The Kier molecular flexibility index (Phi) is 4.76. The van der Waals surface area contributed by atoms with Crippen molar-refractivity contribution in [3.63, 3.8) is 0 Å². The molecule has 2 aromatic heterocycles. The van der Waals surface area contributed by atoms with Gasteiger partial charge in [-0.15, -0.1) is 0 Å². The van der Waals surface area contributed by atoms with Gasteiger partial charge in [0.2, 0.25) is 0 Å². The molecule has 0 aliphatic heterocycles. The third kappa shape index (κ3) is 3.44. The molecule has 1 amide bonds. The summed E-state index contributed by atoms with van der Waals surface area (Å²) >= 11 is 0. The number of aromatic nitrogens is 3. The number of hydrogen-bond donors (Lipinski definition) is 2. The third-order valence-electron chi connectivity index (χ3n) is 4.78. The number of nitrogens with zero attached hydrogens (tertiary/aromatic N) is 2. The summed E-state index contributed by atoms with van der Waals surface area (Å²) in [5.74, 6) is -1.14. The Labute approximate surface area is 162 Å². The molecule has 0 bridgehead atoms. The van der Waals surface area contributed by atoms with Gasteiger partial charge in [-0.1, -0.05) is 42.5 Å². The number of nitrogens with one attached hydrogen (secondary N) is 2. The number of Topliss-reactive ketones (excluding diaryl/α,β-unsaturated/α-hetero) is 1. The normalized spacial score (nSPS) is 10.9. The molecule has 140 valence electrons. The van der Waals surface area contributed by atoms with Crippen LogP contribution in [0.5, 0.6) is 0 Å². The molecule has 0 unspecified atom stereocenters. The van der Waals surface area contributed by atoms with E-state index in [1.807, 2.05) is 65.5 Å². The van der Waals surface area contributed by atoms with E-state index in [4.69, 9.17) is 0 Å². The Morgan fingerprint density at radius 3 is 2.57 bits per heavy atom. The SMILES string of the molecule is Cc1[nH]c2ccccc2c1C(=O)C(=O)NCc1ccccc1Cn1cccn1. The fraction of sp³-hybridized carbons (Fsp3) is 0.136. The summed E-state index contributed by atoms with van der Waals surface area (Å²) in [6, 6.07) is 17.2. The average Bonchev–Trinajstić information content (AvgIpc) is 3.33. The molecule has 0 atom stereocenters. The standard InChI is InChI=1S/C22H20N4O2/c1-15-20(18-9-4-5-10-19(18)25-15)21(27)22(28)23-13-16-7-2-3-8-17(16)14-26-12-6-11-24-26/h2-12,25H,13-14H2,1H3,(H,23,28). The fourth-order valence-electron chi connectivity index (χ4n) is 3.39. The van der Waals surface area contributed by atoms with Crippen molar-refractivity contribution in [1.82, 2.24) is 20.1 Å². The fourth-order valence-corrected chi connectivity index (χ4v) is 3.39. The van der Waals surface area contributed by atoms with Crippen molar-refractivity contribution in [2.24, 2.45) is 0 Å². The molecule has 4 aromatic rings. The van der Waals surface area contributed by atoms with Gasteiger partial charge in [0.05, 0.1) is 12.1 Å². The minimum absolute atomic E-state index is 0.281. The van der Waals surface area contributed by atoms with Crippen LogP contribution in [0, 0.1) is 6.92 Å². The third-order valence-corrected chi connectivity index (χ3v) is 4.78. The second-order valence-corrected chi connectivity index (χ2v) is 6.65. The second-order valence-electron chi connectivity index (χ2n) is 6.65. The highest BCUT2D eigenvalue weighted by atomic mass is 16.2. The monoisotopic (exact) mass is 372 g/mol. The van der Waals surface area contributed by atoms with Crippen LogP contribution in [0.1, 0.15) is 27.2 Å². The summed E-state index contributed by atoms with van der Waals surface area (Å²) in [6.45, 7) is 2.69. The molecule has 6 nitrogen and oxygen atoms in total. The number of aryl methyl sites for hydroxylation is 1. The molecule has 0 fully saturated rings. The quantitative estimate of drug-likeness (QED) is 0.403. The first-order valence-corrected chi connectivity index (χ1v) is 9.07. The lowest BCUT2D eigenvalue weighted by Gasteiger charge is -2.11. The molecule has 0 aliphatic carbocycles. The summed E-state index contributed by atoms with van der Waals surface area (Å²) in [5.41, 5.74) is 3.97. The van der Waals surface area contributed by atoms with E-state index in [0.717, 1.165) is 22.0 Å². The van der Waals surface area contributed by atoms with Gasteiger partial charge < -0.3 is 10.3 Å². The Morgan fingerprint density at radius 1 is 1.04 bits per heavy atom. The van der Waals surface area contributed by atoms with Crippen LogP contribution in [0.3, 0.4) is 0 Å². The van der Waals surface area contributed by atoms with Gasteiger partial charge in [-0.25, -0.2) is 0 Å². The summed E-state index contributed by atoms with van der Waals surface area (Å²) < 4.78 is 1.82. The molecule has 0 saturated heterocycles. The van der Waals surface area contributed by atoms with Crippen LogP contribution in [-0.2, 0) is 17.9 Å². The van der Waals surface area contributed by atoms with E-state index in [2.05, 4.69) is 15.4 Å². The van der Waals surface area contributed by atoms with Crippen LogP contribution < -0.4 is 5.32 Å². The Hall–Kier alpha value is -3.67. The van der Waals surface area contributed by atoms with Gasteiger partial charge in [-0.05, 0) is 30.2 Å². The summed E-state index contributed by atoms with van der Waals surface area (Å²) in [4.78, 5) is 28.5. The van der Waals surface area contributed by atoms with E-state index in [0.29, 0.717) is 17.8 Å². The topological polar surface area (TPSA) is 79.8 Å². The van der Waals surface area contributed by atoms with E-state index < -0.39 is 11.7 Å². The van der Waals surface area contributed by atoms with Gasteiger partial charge in [0.1, 0.15) is 0 Å². The minimum Gasteiger partial charge on any atom is -0.358 e. The number of H-pyrrole nitrogens is 1. The van der Waals surface area contributed by atoms with Crippen molar-refractivity contribution >= 4 is 22.6 Å². The number of rotatable bonds is 6. The molecule has 2 N–H and O–H groups in total. The van der Waals surface area contributed by atoms with Gasteiger partial charge in [0.15, 0.2) is 0 Å². The van der Waals surface area contributed by atoms with Crippen molar-refractivity contribution in [2.75, 3.05) is 0 Å².